The SMILES string of the molecule is COc1ccc(C2CN(C(N)=O)CC2C(=O)OC(C)(C)C)cc1OC1CCCC1. The smallest absolute Gasteiger partial charge is 0.314 e. The predicted octanol–water partition coefficient (Wildman–Crippen LogP) is 3.45. The van der Waals surface area contributed by atoms with E-state index in [-0.39, 0.29) is 24.5 Å². The lowest BCUT2D eigenvalue weighted by molar-refractivity contribution is -0.159. The zero-order valence-corrected chi connectivity index (χ0v) is 17.8. The van der Waals surface area contributed by atoms with E-state index in [2.05, 4.69) is 0 Å². The van der Waals surface area contributed by atoms with Crippen LogP contribution in [0.1, 0.15) is 57.9 Å². The van der Waals surface area contributed by atoms with E-state index in [0.717, 1.165) is 18.4 Å². The van der Waals surface area contributed by atoms with Crippen LogP contribution < -0.4 is 15.2 Å². The van der Waals surface area contributed by atoms with Gasteiger partial charge in [-0.05, 0) is 64.2 Å². The van der Waals surface area contributed by atoms with E-state index in [0.29, 0.717) is 18.0 Å². The topological polar surface area (TPSA) is 91.1 Å². The molecule has 0 spiro atoms. The molecule has 2 amide bonds. The molecule has 1 saturated heterocycles. The molecule has 1 aromatic rings. The second kappa shape index (κ2) is 8.51. The van der Waals surface area contributed by atoms with Crippen molar-refractivity contribution in [1.29, 1.82) is 0 Å². The molecule has 7 nitrogen and oxygen atoms in total. The molecular formula is C22H32N2O5. The van der Waals surface area contributed by atoms with Gasteiger partial charge in [-0.1, -0.05) is 6.07 Å². The summed E-state index contributed by atoms with van der Waals surface area (Å²) in [4.78, 5) is 26.1. The number of rotatable bonds is 5. The molecule has 0 radical (unpaired) electrons. The Balaban J connectivity index is 1.88. The highest BCUT2D eigenvalue weighted by atomic mass is 16.6. The molecule has 2 atom stereocenters. The van der Waals surface area contributed by atoms with Crippen molar-refractivity contribution in [2.75, 3.05) is 20.2 Å². The number of likely N-dealkylation sites (tertiary alicyclic amines) is 1. The third-order valence-corrected chi connectivity index (χ3v) is 5.55. The first kappa shape index (κ1) is 21.3. The van der Waals surface area contributed by atoms with Crippen molar-refractivity contribution in [3.63, 3.8) is 0 Å². The molecule has 1 saturated carbocycles. The maximum Gasteiger partial charge on any atom is 0.314 e. The number of carbonyl (C=O) groups excluding carboxylic acids is 2. The molecule has 0 aromatic heterocycles. The fourth-order valence-electron chi connectivity index (χ4n) is 4.14. The van der Waals surface area contributed by atoms with Crippen molar-refractivity contribution in [1.82, 2.24) is 4.90 Å². The van der Waals surface area contributed by atoms with Crippen LogP contribution in [0.3, 0.4) is 0 Å². The van der Waals surface area contributed by atoms with Gasteiger partial charge in [0.15, 0.2) is 11.5 Å². The summed E-state index contributed by atoms with van der Waals surface area (Å²) in [5.74, 6) is 0.334. The second-order valence-corrected chi connectivity index (χ2v) is 8.92. The monoisotopic (exact) mass is 404 g/mol. The Morgan fingerprint density at radius 1 is 1.10 bits per heavy atom. The largest absolute Gasteiger partial charge is 0.493 e. The average Bonchev–Trinajstić information content (AvgIpc) is 3.30. The van der Waals surface area contributed by atoms with Crippen molar-refractivity contribution in [2.45, 2.75) is 64.1 Å². The van der Waals surface area contributed by atoms with E-state index in [4.69, 9.17) is 19.9 Å². The van der Waals surface area contributed by atoms with Gasteiger partial charge >= 0.3 is 12.0 Å². The lowest BCUT2D eigenvalue weighted by Gasteiger charge is -2.25. The number of esters is 1. The van der Waals surface area contributed by atoms with Crippen molar-refractivity contribution >= 4 is 12.0 Å². The van der Waals surface area contributed by atoms with E-state index < -0.39 is 17.6 Å². The molecule has 2 N–H and O–H groups in total. The minimum absolute atomic E-state index is 0.187. The molecule has 2 aliphatic rings. The van der Waals surface area contributed by atoms with Gasteiger partial charge in [0.05, 0.1) is 19.1 Å². The van der Waals surface area contributed by atoms with Gasteiger partial charge in [0.2, 0.25) is 0 Å². The number of nitrogens with zero attached hydrogens (tertiary/aromatic N) is 1. The number of carbonyl (C=O) groups is 2. The summed E-state index contributed by atoms with van der Waals surface area (Å²) in [5.41, 5.74) is 5.82. The van der Waals surface area contributed by atoms with E-state index in [1.165, 1.54) is 17.7 Å². The third-order valence-electron chi connectivity index (χ3n) is 5.55. The number of hydrogen-bond acceptors (Lipinski definition) is 5. The lowest BCUT2D eigenvalue weighted by Crippen LogP contribution is -2.35. The van der Waals surface area contributed by atoms with Crippen LogP contribution in [0.4, 0.5) is 4.79 Å². The van der Waals surface area contributed by atoms with Crippen molar-refractivity contribution in [3.05, 3.63) is 23.8 Å². The van der Waals surface area contributed by atoms with Crippen LogP contribution >= 0.6 is 0 Å². The molecule has 1 aliphatic heterocycles. The summed E-state index contributed by atoms with van der Waals surface area (Å²) < 4.78 is 17.3. The van der Waals surface area contributed by atoms with Crippen LogP contribution in [0.2, 0.25) is 0 Å². The highest BCUT2D eigenvalue weighted by molar-refractivity contribution is 5.79. The van der Waals surface area contributed by atoms with Crippen molar-refractivity contribution in [2.24, 2.45) is 11.7 Å². The quantitative estimate of drug-likeness (QED) is 0.759. The minimum Gasteiger partial charge on any atom is -0.493 e. The number of urea groups is 1. The maximum absolute atomic E-state index is 12.8. The highest BCUT2D eigenvalue weighted by Gasteiger charge is 2.42. The fourth-order valence-corrected chi connectivity index (χ4v) is 4.14. The lowest BCUT2D eigenvalue weighted by atomic mass is 9.88. The van der Waals surface area contributed by atoms with Crippen molar-refractivity contribution < 1.29 is 23.8 Å². The summed E-state index contributed by atoms with van der Waals surface area (Å²) in [6.07, 6.45) is 4.60. The average molecular weight is 405 g/mol. The maximum atomic E-state index is 12.8. The third kappa shape index (κ3) is 5.14. The molecule has 2 fully saturated rings. The number of hydrogen-bond donors (Lipinski definition) is 1. The second-order valence-electron chi connectivity index (χ2n) is 8.92. The van der Waals surface area contributed by atoms with Gasteiger partial charge in [0.1, 0.15) is 5.60 Å². The molecule has 1 aliphatic carbocycles. The van der Waals surface area contributed by atoms with Gasteiger partial charge in [-0.25, -0.2) is 4.79 Å². The van der Waals surface area contributed by atoms with E-state index in [9.17, 15) is 9.59 Å². The Kier molecular flexibility index (Phi) is 6.24. The molecule has 2 unspecified atom stereocenters. The number of amides is 2. The Morgan fingerprint density at radius 2 is 1.79 bits per heavy atom. The summed E-state index contributed by atoms with van der Waals surface area (Å²) in [6, 6.07) is 5.19. The first-order chi connectivity index (χ1) is 13.7. The molecule has 1 aromatic carbocycles. The van der Waals surface area contributed by atoms with E-state index in [1.54, 1.807) is 7.11 Å². The van der Waals surface area contributed by atoms with Gasteiger partial charge in [-0.3, -0.25) is 4.79 Å². The molecular weight excluding hydrogens is 372 g/mol. The number of nitrogens with two attached hydrogens (primary N) is 1. The summed E-state index contributed by atoms with van der Waals surface area (Å²) in [6.45, 7) is 6.12. The van der Waals surface area contributed by atoms with Gasteiger partial charge < -0.3 is 24.8 Å². The number of ether oxygens (including phenoxy) is 3. The minimum atomic E-state index is -0.599. The fraction of sp³-hybridized carbons (Fsp3) is 0.636. The van der Waals surface area contributed by atoms with E-state index in [1.807, 2.05) is 39.0 Å². The Bertz CT molecular complexity index is 752. The van der Waals surface area contributed by atoms with E-state index >= 15 is 0 Å². The molecule has 7 heteroatoms. The molecule has 1 heterocycles. The van der Waals surface area contributed by atoms with Crippen LogP contribution in [0, 0.1) is 5.92 Å². The molecule has 160 valence electrons. The number of primary amides is 1. The highest BCUT2D eigenvalue weighted by Crippen LogP contribution is 2.39. The summed E-state index contributed by atoms with van der Waals surface area (Å²) in [7, 11) is 1.62. The zero-order valence-electron chi connectivity index (χ0n) is 17.8. The van der Waals surface area contributed by atoms with Gasteiger partial charge in [0, 0.05) is 19.0 Å². The normalized spacial score (nSPS) is 22.6. The van der Waals surface area contributed by atoms with Crippen LogP contribution in [0.25, 0.3) is 0 Å². The van der Waals surface area contributed by atoms with Crippen LogP contribution in [0.5, 0.6) is 11.5 Å². The first-order valence-corrected chi connectivity index (χ1v) is 10.3. The van der Waals surface area contributed by atoms with Gasteiger partial charge in [-0.2, -0.15) is 0 Å². The standard InChI is InChI=1S/C22H32N2O5/c1-22(2,3)29-20(25)17-13-24(21(23)26)12-16(17)14-9-10-18(27-4)19(11-14)28-15-7-5-6-8-15/h9-11,15-17H,5-8,12-13H2,1-4H3,(H2,23,26). The van der Waals surface area contributed by atoms with Gasteiger partial charge in [-0.15, -0.1) is 0 Å². The molecule has 3 rings (SSSR count). The number of benzene rings is 1. The molecule has 29 heavy (non-hydrogen) atoms. The van der Waals surface area contributed by atoms with Crippen LogP contribution in [-0.2, 0) is 9.53 Å². The predicted molar refractivity (Wildman–Crippen MR) is 109 cm³/mol. The molecule has 0 bridgehead atoms. The van der Waals surface area contributed by atoms with Crippen LogP contribution in [-0.4, -0.2) is 48.8 Å². The van der Waals surface area contributed by atoms with Gasteiger partial charge in [0.25, 0.3) is 0 Å². The Labute approximate surface area is 172 Å². The first-order valence-electron chi connectivity index (χ1n) is 10.3. The van der Waals surface area contributed by atoms with Crippen LogP contribution in [0.15, 0.2) is 18.2 Å². The Hall–Kier alpha value is -2.44. The zero-order chi connectivity index (χ0) is 21.2. The Morgan fingerprint density at radius 3 is 2.38 bits per heavy atom. The summed E-state index contributed by atoms with van der Waals surface area (Å²) >= 11 is 0. The van der Waals surface area contributed by atoms with Crippen molar-refractivity contribution in [3.8, 4) is 11.5 Å². The number of methoxy groups -OCH3 is 1. The summed E-state index contributed by atoms with van der Waals surface area (Å²) in [5, 5.41) is 0.